The Bertz CT molecular complexity index is 453. The third kappa shape index (κ3) is 3.04. The molecule has 19 heavy (non-hydrogen) atoms. The lowest BCUT2D eigenvalue weighted by atomic mass is 9.82. The Morgan fingerprint density at radius 3 is 2.63 bits per heavy atom. The van der Waals surface area contributed by atoms with Gasteiger partial charge in [0.1, 0.15) is 0 Å². The van der Waals surface area contributed by atoms with E-state index in [0.717, 1.165) is 18.0 Å². The van der Waals surface area contributed by atoms with E-state index >= 15 is 0 Å². The molecule has 2 nitrogen and oxygen atoms in total. The zero-order valence-corrected chi connectivity index (χ0v) is 13.5. The number of Topliss-reactive ketones (excluding diaryl/α,β-unsaturated/α-hetero) is 1. The summed E-state index contributed by atoms with van der Waals surface area (Å²) in [7, 11) is 0. The smallest absolute Gasteiger partial charge is 0.189 e. The van der Waals surface area contributed by atoms with Crippen LogP contribution in [0.25, 0.3) is 0 Å². The van der Waals surface area contributed by atoms with Gasteiger partial charge in [-0.25, -0.2) is 0 Å². The number of hydrogen-bond donors (Lipinski definition) is 0. The number of halogens is 1. The summed E-state index contributed by atoms with van der Waals surface area (Å²) in [6.45, 7) is 8.63. The molecule has 0 spiro atoms. The first-order valence-electron chi connectivity index (χ1n) is 7.05. The third-order valence-corrected chi connectivity index (χ3v) is 5.96. The number of likely N-dealkylation sites (tertiary alicyclic amines) is 1. The molecule has 1 aromatic heterocycles. The molecule has 0 aliphatic carbocycles. The Morgan fingerprint density at radius 2 is 2.16 bits per heavy atom. The van der Waals surface area contributed by atoms with Crippen molar-refractivity contribution in [2.75, 3.05) is 13.1 Å². The molecule has 0 N–H and O–H groups in total. The minimum Gasteiger partial charge on any atom is -0.293 e. The summed E-state index contributed by atoms with van der Waals surface area (Å²) in [5.41, 5.74) is 0.418. The van der Waals surface area contributed by atoms with Gasteiger partial charge in [-0.3, -0.25) is 9.69 Å². The molecule has 1 aliphatic rings. The van der Waals surface area contributed by atoms with Crippen LogP contribution in [0.5, 0.6) is 0 Å². The Morgan fingerprint density at radius 1 is 1.47 bits per heavy atom. The number of carbonyl (C=O) groups excluding carboxylic acids is 1. The maximum absolute atomic E-state index is 12.4. The van der Waals surface area contributed by atoms with Crippen LogP contribution < -0.4 is 0 Å². The molecule has 0 saturated carbocycles. The van der Waals surface area contributed by atoms with Gasteiger partial charge >= 0.3 is 0 Å². The van der Waals surface area contributed by atoms with E-state index in [9.17, 15) is 4.79 Å². The molecule has 0 amide bonds. The summed E-state index contributed by atoms with van der Waals surface area (Å²) < 4.78 is 0.688. The van der Waals surface area contributed by atoms with Gasteiger partial charge in [-0.15, -0.1) is 11.3 Å². The lowest BCUT2D eigenvalue weighted by molar-refractivity contribution is 0.0854. The van der Waals surface area contributed by atoms with Gasteiger partial charge in [0.05, 0.1) is 15.3 Å². The van der Waals surface area contributed by atoms with Gasteiger partial charge in [0.25, 0.3) is 0 Å². The fourth-order valence-corrected chi connectivity index (χ4v) is 4.01. The highest BCUT2D eigenvalue weighted by Gasteiger charge is 2.38. The molecule has 1 aliphatic heterocycles. The van der Waals surface area contributed by atoms with Crippen molar-refractivity contribution in [3.63, 3.8) is 0 Å². The molecule has 2 rings (SSSR count). The second-order valence-corrected chi connectivity index (χ2v) is 7.29. The minimum absolute atomic E-state index is 0.0327. The zero-order valence-electron chi connectivity index (χ0n) is 11.9. The second-order valence-electron chi connectivity index (χ2n) is 5.57. The standard InChI is InChI=1S/C15H22ClNOS/c1-4-15(5-2)8-9-17(10-15)11(3)14(18)12-6-7-13(16)19-12/h6-7,11H,4-5,8-10H2,1-3H3. The molecule has 1 fully saturated rings. The number of carbonyl (C=O) groups is 1. The summed E-state index contributed by atoms with van der Waals surface area (Å²) in [5, 5.41) is 0. The molecule has 1 saturated heterocycles. The first-order chi connectivity index (χ1) is 9.01. The van der Waals surface area contributed by atoms with Crippen LogP contribution in [0.4, 0.5) is 0 Å². The summed E-state index contributed by atoms with van der Waals surface area (Å²) in [5.74, 6) is 0.208. The highest BCUT2D eigenvalue weighted by molar-refractivity contribution is 7.18. The van der Waals surface area contributed by atoms with Crippen LogP contribution >= 0.6 is 22.9 Å². The van der Waals surface area contributed by atoms with Crippen LogP contribution in [0.2, 0.25) is 4.34 Å². The van der Waals surface area contributed by atoms with Gasteiger partial charge in [-0.1, -0.05) is 25.4 Å². The fourth-order valence-electron chi connectivity index (χ4n) is 2.95. The van der Waals surface area contributed by atoms with E-state index in [1.165, 1.54) is 30.6 Å². The summed E-state index contributed by atoms with van der Waals surface area (Å²) in [6, 6.07) is 3.61. The lowest BCUT2D eigenvalue weighted by Crippen LogP contribution is -2.38. The zero-order chi connectivity index (χ0) is 14.0. The van der Waals surface area contributed by atoms with Crippen molar-refractivity contribution < 1.29 is 4.79 Å². The topological polar surface area (TPSA) is 20.3 Å². The SMILES string of the molecule is CCC1(CC)CCN(C(C)C(=O)c2ccc(Cl)s2)C1. The van der Waals surface area contributed by atoms with Crippen LogP contribution in [-0.4, -0.2) is 29.8 Å². The molecular weight excluding hydrogens is 278 g/mol. The summed E-state index contributed by atoms with van der Waals surface area (Å²) in [4.78, 5) is 15.6. The van der Waals surface area contributed by atoms with Crippen LogP contribution in [-0.2, 0) is 0 Å². The molecule has 106 valence electrons. The van der Waals surface area contributed by atoms with Gasteiger partial charge in [0, 0.05) is 6.54 Å². The Kier molecular flexibility index (Phi) is 4.70. The van der Waals surface area contributed by atoms with Crippen LogP contribution in [0, 0.1) is 5.41 Å². The van der Waals surface area contributed by atoms with Crippen molar-refractivity contribution in [1.29, 1.82) is 0 Å². The Hall–Kier alpha value is -0.380. The number of ketones is 1. The fraction of sp³-hybridized carbons (Fsp3) is 0.667. The lowest BCUT2D eigenvalue weighted by Gasteiger charge is -2.28. The quantitative estimate of drug-likeness (QED) is 0.747. The number of hydrogen-bond acceptors (Lipinski definition) is 3. The molecule has 0 aromatic carbocycles. The Balaban J connectivity index is 2.05. The van der Waals surface area contributed by atoms with Crippen molar-refractivity contribution in [3.05, 3.63) is 21.3 Å². The number of rotatable bonds is 5. The molecular formula is C15H22ClNOS. The number of thiophene rings is 1. The van der Waals surface area contributed by atoms with Crippen LogP contribution in [0.3, 0.4) is 0 Å². The third-order valence-electron chi connectivity index (χ3n) is 4.71. The Labute approximate surface area is 124 Å². The first kappa shape index (κ1) is 15.0. The molecule has 0 radical (unpaired) electrons. The van der Waals surface area contributed by atoms with Gasteiger partial charge in [0.2, 0.25) is 0 Å². The normalized spacial score (nSPS) is 20.6. The predicted molar refractivity (Wildman–Crippen MR) is 82.3 cm³/mol. The minimum atomic E-state index is -0.0327. The van der Waals surface area contributed by atoms with E-state index in [1.807, 2.05) is 13.0 Å². The van der Waals surface area contributed by atoms with E-state index in [1.54, 1.807) is 6.07 Å². The van der Waals surface area contributed by atoms with Gasteiger partial charge in [-0.2, -0.15) is 0 Å². The summed E-state index contributed by atoms with van der Waals surface area (Å²) >= 11 is 7.30. The van der Waals surface area contributed by atoms with Crippen LogP contribution in [0.1, 0.15) is 49.7 Å². The maximum atomic E-state index is 12.4. The van der Waals surface area contributed by atoms with E-state index in [2.05, 4.69) is 18.7 Å². The van der Waals surface area contributed by atoms with E-state index < -0.39 is 0 Å². The van der Waals surface area contributed by atoms with E-state index in [4.69, 9.17) is 11.6 Å². The van der Waals surface area contributed by atoms with Crippen molar-refractivity contribution >= 4 is 28.7 Å². The highest BCUT2D eigenvalue weighted by Crippen LogP contribution is 2.38. The molecule has 0 bridgehead atoms. The average Bonchev–Trinajstić information content (AvgIpc) is 3.04. The second kappa shape index (κ2) is 5.94. The first-order valence-corrected chi connectivity index (χ1v) is 8.24. The van der Waals surface area contributed by atoms with Crippen LogP contribution in [0.15, 0.2) is 12.1 Å². The average molecular weight is 300 g/mol. The van der Waals surface area contributed by atoms with Gasteiger partial charge in [-0.05, 0) is 50.3 Å². The molecule has 2 heterocycles. The largest absolute Gasteiger partial charge is 0.293 e. The summed E-state index contributed by atoms with van der Waals surface area (Å²) in [6.07, 6.45) is 3.61. The van der Waals surface area contributed by atoms with Crippen molar-refractivity contribution in [1.82, 2.24) is 4.90 Å². The maximum Gasteiger partial charge on any atom is 0.189 e. The van der Waals surface area contributed by atoms with Gasteiger partial charge < -0.3 is 0 Å². The number of nitrogens with zero attached hydrogens (tertiary/aromatic N) is 1. The molecule has 1 aromatic rings. The molecule has 4 heteroatoms. The molecule has 1 unspecified atom stereocenters. The molecule has 1 atom stereocenters. The predicted octanol–water partition coefficient (Wildman–Crippen LogP) is 4.48. The van der Waals surface area contributed by atoms with Crippen molar-refractivity contribution in [2.24, 2.45) is 5.41 Å². The highest BCUT2D eigenvalue weighted by atomic mass is 35.5. The van der Waals surface area contributed by atoms with E-state index in [-0.39, 0.29) is 11.8 Å². The van der Waals surface area contributed by atoms with E-state index in [0.29, 0.717) is 9.75 Å². The monoisotopic (exact) mass is 299 g/mol. The van der Waals surface area contributed by atoms with Gasteiger partial charge in [0.15, 0.2) is 5.78 Å². The van der Waals surface area contributed by atoms with Crippen molar-refractivity contribution in [2.45, 2.75) is 46.1 Å². The van der Waals surface area contributed by atoms with Crippen molar-refractivity contribution in [3.8, 4) is 0 Å².